The Morgan fingerprint density at radius 3 is 2.75 bits per heavy atom. The highest BCUT2D eigenvalue weighted by Crippen LogP contribution is 2.35. The third-order valence-electron chi connectivity index (χ3n) is 3.09. The lowest BCUT2D eigenvalue weighted by molar-refractivity contribution is -0.118. The number of carbonyl (C=O) groups excluding carboxylic acids is 1. The monoisotopic (exact) mass is 209 g/mol. The van der Waals surface area contributed by atoms with Crippen molar-refractivity contribution in [2.45, 2.75) is 5.92 Å². The molecule has 2 aromatic carbocycles. The highest BCUT2D eigenvalue weighted by Gasteiger charge is 2.23. The van der Waals surface area contributed by atoms with E-state index in [9.17, 15) is 4.79 Å². The third kappa shape index (κ3) is 1.16. The fourth-order valence-corrected chi connectivity index (χ4v) is 2.34. The first-order chi connectivity index (χ1) is 7.77. The van der Waals surface area contributed by atoms with Crippen LogP contribution < -0.4 is 5.73 Å². The third-order valence-corrected chi connectivity index (χ3v) is 3.09. The van der Waals surface area contributed by atoms with Crippen LogP contribution in [0, 0.1) is 0 Å². The number of hydrogen-bond acceptors (Lipinski definition) is 1. The Labute approximate surface area is 93.4 Å². The summed E-state index contributed by atoms with van der Waals surface area (Å²) in [6.07, 6.45) is 3.84. The van der Waals surface area contributed by atoms with Crippen LogP contribution in [0.2, 0.25) is 0 Å². The van der Waals surface area contributed by atoms with Crippen LogP contribution in [0.5, 0.6) is 0 Å². The van der Waals surface area contributed by atoms with Gasteiger partial charge in [-0.3, -0.25) is 4.79 Å². The molecule has 1 unspecified atom stereocenters. The van der Waals surface area contributed by atoms with E-state index in [1.807, 2.05) is 42.5 Å². The molecule has 1 atom stereocenters. The van der Waals surface area contributed by atoms with E-state index in [1.165, 1.54) is 0 Å². The van der Waals surface area contributed by atoms with E-state index in [-0.39, 0.29) is 11.8 Å². The topological polar surface area (TPSA) is 43.1 Å². The number of amides is 1. The number of nitrogens with two attached hydrogens (primary N) is 1. The van der Waals surface area contributed by atoms with E-state index in [2.05, 4.69) is 6.07 Å². The second-order valence-corrected chi connectivity index (χ2v) is 4.03. The largest absolute Gasteiger partial charge is 0.369 e. The van der Waals surface area contributed by atoms with Crippen molar-refractivity contribution in [3.8, 4) is 0 Å². The van der Waals surface area contributed by atoms with Crippen molar-refractivity contribution in [1.29, 1.82) is 0 Å². The molecule has 1 aliphatic rings. The predicted octanol–water partition coefficient (Wildman–Crippen LogP) is 2.44. The van der Waals surface area contributed by atoms with Crippen LogP contribution in [-0.4, -0.2) is 5.91 Å². The molecule has 1 aliphatic carbocycles. The quantitative estimate of drug-likeness (QED) is 0.770. The van der Waals surface area contributed by atoms with Gasteiger partial charge in [0.15, 0.2) is 0 Å². The molecule has 0 radical (unpaired) electrons. The average molecular weight is 209 g/mol. The number of fused-ring (bicyclic) bond motifs is 3. The summed E-state index contributed by atoms with van der Waals surface area (Å²) < 4.78 is 0. The van der Waals surface area contributed by atoms with Crippen molar-refractivity contribution in [1.82, 2.24) is 0 Å². The molecule has 0 saturated heterocycles. The minimum absolute atomic E-state index is 0.277. The molecule has 3 rings (SSSR count). The van der Waals surface area contributed by atoms with Gasteiger partial charge < -0.3 is 5.73 Å². The molecule has 2 heteroatoms. The molecule has 0 heterocycles. The molecule has 0 aliphatic heterocycles. The average Bonchev–Trinajstić information content (AvgIpc) is 2.73. The summed E-state index contributed by atoms with van der Waals surface area (Å²) in [6, 6.07) is 12.2. The molecule has 0 bridgehead atoms. The first-order valence-corrected chi connectivity index (χ1v) is 5.26. The highest BCUT2D eigenvalue weighted by molar-refractivity contribution is 5.98. The standard InChI is InChI=1S/C14H11NO/c15-14(16)12-8-7-10-6-5-9-3-1-2-4-11(9)13(10)12/h1-8,12H,(H2,15,16). The summed E-state index contributed by atoms with van der Waals surface area (Å²) in [5, 5.41) is 2.27. The molecule has 0 fully saturated rings. The summed E-state index contributed by atoms with van der Waals surface area (Å²) in [5.41, 5.74) is 7.56. The summed E-state index contributed by atoms with van der Waals surface area (Å²) in [5.74, 6) is -0.563. The first-order valence-electron chi connectivity index (χ1n) is 5.26. The molecule has 0 aromatic heterocycles. The second kappa shape index (κ2) is 3.20. The van der Waals surface area contributed by atoms with Gasteiger partial charge in [0.05, 0.1) is 5.92 Å². The summed E-state index contributed by atoms with van der Waals surface area (Å²) in [6.45, 7) is 0. The fourth-order valence-electron chi connectivity index (χ4n) is 2.34. The van der Waals surface area contributed by atoms with Crippen LogP contribution in [-0.2, 0) is 4.79 Å². The van der Waals surface area contributed by atoms with Gasteiger partial charge in [-0.05, 0) is 21.9 Å². The Morgan fingerprint density at radius 1 is 1.12 bits per heavy atom. The van der Waals surface area contributed by atoms with E-state index >= 15 is 0 Å². The van der Waals surface area contributed by atoms with E-state index in [4.69, 9.17) is 5.73 Å². The van der Waals surface area contributed by atoms with E-state index in [0.717, 1.165) is 21.9 Å². The molecule has 0 spiro atoms. The van der Waals surface area contributed by atoms with Gasteiger partial charge >= 0.3 is 0 Å². The number of hydrogen-bond donors (Lipinski definition) is 1. The van der Waals surface area contributed by atoms with Crippen LogP contribution in [0.25, 0.3) is 16.8 Å². The van der Waals surface area contributed by atoms with Crippen LogP contribution >= 0.6 is 0 Å². The normalized spacial score (nSPS) is 17.6. The van der Waals surface area contributed by atoms with Gasteiger partial charge in [-0.1, -0.05) is 48.6 Å². The van der Waals surface area contributed by atoms with Gasteiger partial charge in [-0.15, -0.1) is 0 Å². The van der Waals surface area contributed by atoms with Crippen molar-refractivity contribution >= 4 is 22.8 Å². The minimum Gasteiger partial charge on any atom is -0.369 e. The number of rotatable bonds is 1. The van der Waals surface area contributed by atoms with E-state index in [1.54, 1.807) is 0 Å². The zero-order valence-corrected chi connectivity index (χ0v) is 8.68. The smallest absolute Gasteiger partial charge is 0.228 e. The Kier molecular flexibility index (Phi) is 1.83. The van der Waals surface area contributed by atoms with Crippen molar-refractivity contribution in [2.75, 3.05) is 0 Å². The highest BCUT2D eigenvalue weighted by atomic mass is 16.1. The van der Waals surface area contributed by atoms with Crippen LogP contribution in [0.3, 0.4) is 0 Å². The molecule has 0 saturated carbocycles. The minimum atomic E-state index is -0.286. The molecular weight excluding hydrogens is 198 g/mol. The maximum absolute atomic E-state index is 11.4. The number of benzene rings is 2. The van der Waals surface area contributed by atoms with Gasteiger partial charge in [0.2, 0.25) is 5.91 Å². The number of carbonyl (C=O) groups is 1. The van der Waals surface area contributed by atoms with Crippen LogP contribution in [0.4, 0.5) is 0 Å². The Hall–Kier alpha value is -2.09. The molecule has 1 amide bonds. The van der Waals surface area contributed by atoms with Gasteiger partial charge in [0.25, 0.3) is 0 Å². The van der Waals surface area contributed by atoms with Crippen molar-refractivity contribution in [3.63, 3.8) is 0 Å². The Morgan fingerprint density at radius 2 is 1.94 bits per heavy atom. The van der Waals surface area contributed by atoms with Crippen LogP contribution in [0.15, 0.2) is 42.5 Å². The molecule has 2 aromatic rings. The van der Waals surface area contributed by atoms with E-state index < -0.39 is 0 Å². The van der Waals surface area contributed by atoms with Gasteiger partial charge in [0, 0.05) is 0 Å². The van der Waals surface area contributed by atoms with Gasteiger partial charge in [0.1, 0.15) is 0 Å². The lowest BCUT2D eigenvalue weighted by Gasteiger charge is -2.10. The molecule has 2 nitrogen and oxygen atoms in total. The first kappa shape index (κ1) is 9.16. The Bertz CT molecular complexity index is 613. The van der Waals surface area contributed by atoms with Crippen molar-refractivity contribution < 1.29 is 4.79 Å². The lowest BCUT2D eigenvalue weighted by atomic mass is 9.94. The fraction of sp³-hybridized carbons (Fsp3) is 0.0714. The zero-order chi connectivity index (χ0) is 11.1. The van der Waals surface area contributed by atoms with Crippen molar-refractivity contribution in [2.24, 2.45) is 5.73 Å². The zero-order valence-electron chi connectivity index (χ0n) is 8.68. The Balaban J connectivity index is 2.35. The molecule has 16 heavy (non-hydrogen) atoms. The van der Waals surface area contributed by atoms with Crippen LogP contribution in [0.1, 0.15) is 17.0 Å². The maximum Gasteiger partial charge on any atom is 0.228 e. The maximum atomic E-state index is 11.4. The molecule has 2 N–H and O–H groups in total. The van der Waals surface area contributed by atoms with Crippen molar-refractivity contribution in [3.05, 3.63) is 53.6 Å². The van der Waals surface area contributed by atoms with E-state index in [0.29, 0.717) is 0 Å². The lowest BCUT2D eigenvalue weighted by Crippen LogP contribution is -2.18. The summed E-state index contributed by atoms with van der Waals surface area (Å²) >= 11 is 0. The second-order valence-electron chi connectivity index (χ2n) is 4.03. The van der Waals surface area contributed by atoms with Gasteiger partial charge in [-0.25, -0.2) is 0 Å². The van der Waals surface area contributed by atoms with Gasteiger partial charge in [-0.2, -0.15) is 0 Å². The summed E-state index contributed by atoms with van der Waals surface area (Å²) in [4.78, 5) is 11.4. The number of primary amides is 1. The molecular formula is C14H11NO. The molecule has 78 valence electrons. The SMILES string of the molecule is NC(=O)C1C=Cc2ccc3ccccc3c21. The summed E-state index contributed by atoms with van der Waals surface area (Å²) in [7, 11) is 0. The predicted molar refractivity (Wildman–Crippen MR) is 64.9 cm³/mol.